The van der Waals surface area contributed by atoms with Crippen molar-refractivity contribution < 1.29 is 23.7 Å². The Morgan fingerprint density at radius 3 is 1.71 bits per heavy atom. The van der Waals surface area contributed by atoms with Gasteiger partial charge >= 0.3 is 0 Å². The summed E-state index contributed by atoms with van der Waals surface area (Å²) in [5, 5.41) is 6.18. The first-order valence-electron chi connectivity index (χ1n) is 14.3. The molecular formula is C35H40N2O5. The Labute approximate surface area is 248 Å². The monoisotopic (exact) mass is 568 g/mol. The SMILES string of the molecule is CNCCC(CNC(=O)c1cc(OCc2ccccc2)cc(OCc2ccccc2)c1)OC(C)OCc1ccccc1. The third kappa shape index (κ3) is 10.7. The van der Waals surface area contributed by atoms with Crippen molar-refractivity contribution in [3.05, 3.63) is 131 Å². The predicted molar refractivity (Wildman–Crippen MR) is 164 cm³/mol. The third-order valence-corrected chi connectivity index (χ3v) is 6.56. The van der Waals surface area contributed by atoms with E-state index >= 15 is 0 Å². The maximum Gasteiger partial charge on any atom is 0.251 e. The molecule has 0 spiro atoms. The standard InChI is InChI=1S/C35H40N2O5/c1-27(39-24-28-12-6-3-7-13-28)42-32(18-19-36-2)23-37-35(38)31-20-33(40-25-29-14-8-4-9-15-29)22-34(21-31)41-26-30-16-10-5-11-17-30/h3-17,20-22,27,32,36H,18-19,23-26H2,1-2H3,(H,37,38). The fourth-order valence-electron chi connectivity index (χ4n) is 4.28. The fourth-order valence-corrected chi connectivity index (χ4v) is 4.28. The lowest BCUT2D eigenvalue weighted by molar-refractivity contribution is -0.165. The van der Waals surface area contributed by atoms with Crippen molar-refractivity contribution in [3.8, 4) is 11.5 Å². The second kappa shape index (κ2) is 16.9. The molecule has 0 aliphatic carbocycles. The number of hydrogen-bond donors (Lipinski definition) is 2. The van der Waals surface area contributed by atoms with Crippen molar-refractivity contribution >= 4 is 5.91 Å². The molecule has 42 heavy (non-hydrogen) atoms. The van der Waals surface area contributed by atoms with Gasteiger partial charge in [0.2, 0.25) is 0 Å². The van der Waals surface area contributed by atoms with Gasteiger partial charge in [-0.3, -0.25) is 4.79 Å². The van der Waals surface area contributed by atoms with Crippen LogP contribution in [0.2, 0.25) is 0 Å². The Morgan fingerprint density at radius 1 is 0.714 bits per heavy atom. The molecule has 0 saturated carbocycles. The number of hydrogen-bond acceptors (Lipinski definition) is 6. The molecule has 0 fully saturated rings. The van der Waals surface area contributed by atoms with Crippen LogP contribution in [0.1, 0.15) is 40.4 Å². The molecule has 0 radical (unpaired) electrons. The highest BCUT2D eigenvalue weighted by molar-refractivity contribution is 5.95. The maximum atomic E-state index is 13.3. The number of amides is 1. The molecule has 0 aliphatic heterocycles. The van der Waals surface area contributed by atoms with Crippen molar-refractivity contribution in [2.45, 2.75) is 45.6 Å². The van der Waals surface area contributed by atoms with Gasteiger partial charge in [-0.15, -0.1) is 0 Å². The minimum absolute atomic E-state index is 0.236. The molecule has 1 amide bonds. The van der Waals surface area contributed by atoms with Crippen molar-refractivity contribution in [2.75, 3.05) is 20.1 Å². The van der Waals surface area contributed by atoms with Crippen LogP contribution in [0.4, 0.5) is 0 Å². The van der Waals surface area contributed by atoms with Crippen LogP contribution in [0, 0.1) is 0 Å². The van der Waals surface area contributed by atoms with Crippen LogP contribution in [0.15, 0.2) is 109 Å². The molecule has 4 aromatic carbocycles. The second-order valence-electron chi connectivity index (χ2n) is 9.97. The number of carbonyl (C=O) groups is 1. The molecule has 220 valence electrons. The van der Waals surface area contributed by atoms with Crippen molar-refractivity contribution in [1.82, 2.24) is 10.6 Å². The molecule has 4 rings (SSSR count). The summed E-state index contributed by atoms with van der Waals surface area (Å²) in [4.78, 5) is 13.3. The van der Waals surface area contributed by atoms with Gasteiger partial charge in [0.05, 0.1) is 12.7 Å². The second-order valence-corrected chi connectivity index (χ2v) is 9.97. The summed E-state index contributed by atoms with van der Waals surface area (Å²) >= 11 is 0. The molecule has 7 heteroatoms. The highest BCUT2D eigenvalue weighted by Gasteiger charge is 2.17. The summed E-state index contributed by atoms with van der Waals surface area (Å²) in [6, 6.07) is 35.1. The Bertz CT molecular complexity index is 1270. The Balaban J connectivity index is 1.40. The van der Waals surface area contributed by atoms with Gasteiger partial charge < -0.3 is 29.6 Å². The predicted octanol–water partition coefficient (Wildman–Crippen LogP) is 6.13. The molecule has 0 bridgehead atoms. The zero-order valence-electron chi connectivity index (χ0n) is 24.3. The summed E-state index contributed by atoms with van der Waals surface area (Å²) in [6.45, 7) is 4.16. The quantitative estimate of drug-likeness (QED) is 0.149. The van der Waals surface area contributed by atoms with Crippen LogP contribution in [0.5, 0.6) is 11.5 Å². The number of nitrogens with one attached hydrogen (secondary N) is 2. The van der Waals surface area contributed by atoms with Crippen LogP contribution >= 0.6 is 0 Å². The topological polar surface area (TPSA) is 78.1 Å². The van der Waals surface area contributed by atoms with E-state index in [0.717, 1.165) is 23.2 Å². The molecule has 0 aromatic heterocycles. The van der Waals surface area contributed by atoms with Crippen LogP contribution in [0.25, 0.3) is 0 Å². The normalized spacial score (nSPS) is 12.3. The number of carbonyl (C=O) groups excluding carboxylic acids is 1. The van der Waals surface area contributed by atoms with E-state index in [4.69, 9.17) is 18.9 Å². The summed E-state index contributed by atoms with van der Waals surface area (Å²) in [5.41, 5.74) is 3.59. The van der Waals surface area contributed by atoms with E-state index in [-0.39, 0.29) is 12.0 Å². The summed E-state index contributed by atoms with van der Waals surface area (Å²) < 4.78 is 24.2. The van der Waals surface area contributed by atoms with Crippen LogP contribution < -0.4 is 20.1 Å². The number of rotatable bonds is 17. The van der Waals surface area contributed by atoms with Gasteiger partial charge in [0, 0.05) is 18.2 Å². The lowest BCUT2D eigenvalue weighted by Gasteiger charge is -2.23. The van der Waals surface area contributed by atoms with Crippen LogP contribution in [-0.4, -0.2) is 38.4 Å². The first-order valence-corrected chi connectivity index (χ1v) is 14.3. The lowest BCUT2D eigenvalue weighted by Crippen LogP contribution is -2.37. The minimum atomic E-state index is -0.434. The molecule has 0 heterocycles. The van der Waals surface area contributed by atoms with Crippen molar-refractivity contribution in [2.24, 2.45) is 0 Å². The van der Waals surface area contributed by atoms with Crippen LogP contribution in [0.3, 0.4) is 0 Å². The van der Waals surface area contributed by atoms with E-state index in [0.29, 0.717) is 49.8 Å². The highest BCUT2D eigenvalue weighted by atomic mass is 16.7. The first-order chi connectivity index (χ1) is 20.6. The smallest absolute Gasteiger partial charge is 0.251 e. The molecule has 4 aromatic rings. The largest absolute Gasteiger partial charge is 0.489 e. The first kappa shape index (κ1) is 30.8. The Morgan fingerprint density at radius 2 is 1.21 bits per heavy atom. The number of benzene rings is 4. The van der Waals surface area contributed by atoms with Crippen LogP contribution in [-0.2, 0) is 29.3 Å². The summed E-state index contributed by atoms with van der Waals surface area (Å²) in [5.74, 6) is 0.876. The van der Waals surface area contributed by atoms with E-state index in [1.807, 2.05) is 111 Å². The average Bonchev–Trinajstić information content (AvgIpc) is 3.04. The average molecular weight is 569 g/mol. The van der Waals surface area contributed by atoms with E-state index in [9.17, 15) is 4.79 Å². The van der Waals surface area contributed by atoms with Gasteiger partial charge in [0.1, 0.15) is 24.7 Å². The molecular weight excluding hydrogens is 528 g/mol. The third-order valence-electron chi connectivity index (χ3n) is 6.56. The highest BCUT2D eigenvalue weighted by Crippen LogP contribution is 2.25. The number of ether oxygens (including phenoxy) is 4. The van der Waals surface area contributed by atoms with Crippen molar-refractivity contribution in [3.63, 3.8) is 0 Å². The van der Waals surface area contributed by atoms with Gasteiger partial charge in [-0.05, 0) is 55.8 Å². The van der Waals surface area contributed by atoms with Crippen molar-refractivity contribution in [1.29, 1.82) is 0 Å². The Hall–Kier alpha value is -4.17. The maximum absolute atomic E-state index is 13.3. The summed E-state index contributed by atoms with van der Waals surface area (Å²) in [7, 11) is 1.89. The van der Waals surface area contributed by atoms with Gasteiger partial charge in [-0.2, -0.15) is 0 Å². The molecule has 2 unspecified atom stereocenters. The van der Waals surface area contributed by atoms with E-state index in [1.54, 1.807) is 12.1 Å². The fraction of sp³-hybridized carbons (Fsp3) is 0.286. The van der Waals surface area contributed by atoms with Gasteiger partial charge in [0.15, 0.2) is 6.29 Å². The molecule has 0 saturated heterocycles. The molecule has 0 aliphatic rings. The zero-order chi connectivity index (χ0) is 29.4. The van der Waals surface area contributed by atoms with E-state index in [2.05, 4.69) is 10.6 Å². The Kier molecular flexibility index (Phi) is 12.4. The van der Waals surface area contributed by atoms with Gasteiger partial charge in [-0.1, -0.05) is 91.0 Å². The molecule has 7 nitrogen and oxygen atoms in total. The summed E-state index contributed by atoms with van der Waals surface area (Å²) in [6.07, 6.45) is 0.0386. The minimum Gasteiger partial charge on any atom is -0.489 e. The van der Waals surface area contributed by atoms with Gasteiger partial charge in [0.25, 0.3) is 5.91 Å². The molecule has 2 N–H and O–H groups in total. The zero-order valence-corrected chi connectivity index (χ0v) is 24.3. The lowest BCUT2D eigenvalue weighted by atomic mass is 10.1. The molecule has 2 atom stereocenters. The van der Waals surface area contributed by atoms with Gasteiger partial charge in [-0.25, -0.2) is 0 Å². The van der Waals surface area contributed by atoms with E-state index in [1.165, 1.54) is 0 Å². The van der Waals surface area contributed by atoms with E-state index < -0.39 is 6.29 Å².